The van der Waals surface area contributed by atoms with Gasteiger partial charge in [-0.1, -0.05) is 11.8 Å². The summed E-state index contributed by atoms with van der Waals surface area (Å²) in [7, 11) is 1.56. The van der Waals surface area contributed by atoms with Crippen LogP contribution in [0.15, 0.2) is 24.3 Å². The van der Waals surface area contributed by atoms with E-state index >= 15 is 0 Å². The van der Waals surface area contributed by atoms with Gasteiger partial charge < -0.3 is 25.6 Å². The van der Waals surface area contributed by atoms with Crippen molar-refractivity contribution < 1.29 is 23.5 Å². The molecule has 3 N–H and O–H groups in total. The smallest absolute Gasteiger partial charge is 0.251 e. The van der Waals surface area contributed by atoms with Crippen molar-refractivity contribution >= 4 is 17.7 Å². The number of hydrogen-bond donors (Lipinski definition) is 3. The van der Waals surface area contributed by atoms with E-state index in [0.717, 1.165) is 18.4 Å². The molecule has 1 aromatic carbocycles. The quantitative estimate of drug-likeness (QED) is 0.483. The molecule has 0 radical (unpaired) electrons. The fourth-order valence-corrected chi connectivity index (χ4v) is 4.52. The Hall–Kier alpha value is -3.40. The van der Waals surface area contributed by atoms with Crippen molar-refractivity contribution in [3.63, 3.8) is 0 Å². The second-order valence-electron chi connectivity index (χ2n) is 9.43. The minimum absolute atomic E-state index is 0.0364. The molecule has 3 aliphatic rings. The molecule has 190 valence electrons. The first-order valence-electron chi connectivity index (χ1n) is 12.3. The highest BCUT2D eigenvalue weighted by atomic mass is 19.1. The minimum Gasteiger partial charge on any atom is -0.372 e. The van der Waals surface area contributed by atoms with Gasteiger partial charge in [0.15, 0.2) is 0 Å². The zero-order valence-corrected chi connectivity index (χ0v) is 20.3. The molecule has 3 amide bonds. The molecule has 2 aliphatic heterocycles. The number of ether oxygens (including phenoxy) is 1. The van der Waals surface area contributed by atoms with Gasteiger partial charge in [-0.2, -0.15) is 0 Å². The van der Waals surface area contributed by atoms with E-state index in [-0.39, 0.29) is 55.2 Å². The molecule has 1 aliphatic carbocycles. The summed E-state index contributed by atoms with van der Waals surface area (Å²) in [4.78, 5) is 39.9. The van der Waals surface area contributed by atoms with E-state index in [1.807, 2.05) is 0 Å². The first-order chi connectivity index (χ1) is 17.4. The van der Waals surface area contributed by atoms with Crippen molar-refractivity contribution in [3.8, 4) is 23.7 Å². The number of carbonyl (C=O) groups excluding carboxylic acids is 3. The highest BCUT2D eigenvalue weighted by molar-refractivity contribution is 5.94. The maximum Gasteiger partial charge on any atom is 0.251 e. The Labute approximate surface area is 210 Å². The van der Waals surface area contributed by atoms with Gasteiger partial charge in [-0.05, 0) is 55.4 Å². The lowest BCUT2D eigenvalue weighted by Crippen LogP contribution is -2.46. The lowest BCUT2D eigenvalue weighted by atomic mass is 10.1. The number of likely N-dealkylation sites (tertiary alicyclic amines) is 1. The SMILES string of the molecule is COCC#CC#Cc1ccc(C(=O)NC[C@H]2C[C@@H](NC(=O)[C@@H]3C[C@H](F)CN3)CN2C(=O)C2CC2)cc1. The second kappa shape index (κ2) is 12.0. The molecule has 36 heavy (non-hydrogen) atoms. The highest BCUT2D eigenvalue weighted by Crippen LogP contribution is 2.33. The molecule has 4 rings (SSSR count). The van der Waals surface area contributed by atoms with Gasteiger partial charge in [-0.3, -0.25) is 14.4 Å². The first kappa shape index (κ1) is 25.7. The zero-order chi connectivity index (χ0) is 25.5. The number of amides is 3. The summed E-state index contributed by atoms with van der Waals surface area (Å²) in [5.74, 6) is 10.7. The van der Waals surface area contributed by atoms with E-state index in [1.165, 1.54) is 0 Å². The van der Waals surface area contributed by atoms with Crippen molar-refractivity contribution in [1.82, 2.24) is 20.9 Å². The van der Waals surface area contributed by atoms with Crippen molar-refractivity contribution in [2.24, 2.45) is 5.92 Å². The molecule has 4 atom stereocenters. The topological polar surface area (TPSA) is 99.8 Å². The van der Waals surface area contributed by atoms with Gasteiger partial charge in [0.1, 0.15) is 12.8 Å². The third kappa shape index (κ3) is 6.84. The Kier molecular flexibility index (Phi) is 8.58. The number of nitrogens with one attached hydrogen (secondary N) is 3. The fraction of sp³-hybridized carbons (Fsp3) is 0.519. The number of halogens is 1. The van der Waals surface area contributed by atoms with Crippen LogP contribution in [0.25, 0.3) is 0 Å². The molecule has 2 saturated heterocycles. The van der Waals surface area contributed by atoms with Gasteiger partial charge >= 0.3 is 0 Å². The van der Waals surface area contributed by atoms with Gasteiger partial charge in [-0.25, -0.2) is 4.39 Å². The first-order valence-corrected chi connectivity index (χ1v) is 12.3. The van der Waals surface area contributed by atoms with E-state index in [1.54, 1.807) is 36.3 Å². The zero-order valence-electron chi connectivity index (χ0n) is 20.3. The molecule has 2 heterocycles. The number of benzene rings is 1. The van der Waals surface area contributed by atoms with E-state index < -0.39 is 12.2 Å². The molecule has 0 aromatic heterocycles. The van der Waals surface area contributed by atoms with Gasteiger partial charge in [0.2, 0.25) is 11.8 Å². The summed E-state index contributed by atoms with van der Waals surface area (Å²) in [5, 5.41) is 8.78. The van der Waals surface area contributed by atoms with Crippen LogP contribution in [0.5, 0.6) is 0 Å². The average Bonchev–Trinajstić information content (AvgIpc) is 3.52. The lowest BCUT2D eigenvalue weighted by molar-refractivity contribution is -0.133. The van der Waals surface area contributed by atoms with Gasteiger partial charge in [-0.15, -0.1) is 0 Å². The molecule has 3 fully saturated rings. The van der Waals surface area contributed by atoms with Crippen LogP contribution in [-0.2, 0) is 14.3 Å². The predicted molar refractivity (Wildman–Crippen MR) is 131 cm³/mol. The number of alkyl halides is 1. The average molecular weight is 495 g/mol. The molecule has 1 saturated carbocycles. The number of hydrogen-bond acceptors (Lipinski definition) is 5. The lowest BCUT2D eigenvalue weighted by Gasteiger charge is -2.25. The van der Waals surface area contributed by atoms with E-state index in [0.29, 0.717) is 25.1 Å². The van der Waals surface area contributed by atoms with E-state index in [2.05, 4.69) is 39.6 Å². The Morgan fingerprint density at radius 3 is 2.61 bits per heavy atom. The molecule has 0 spiro atoms. The summed E-state index contributed by atoms with van der Waals surface area (Å²) < 4.78 is 18.3. The van der Waals surface area contributed by atoms with Crippen molar-refractivity contribution in [3.05, 3.63) is 35.4 Å². The van der Waals surface area contributed by atoms with Crippen molar-refractivity contribution in [2.75, 3.05) is 33.4 Å². The number of rotatable bonds is 7. The Morgan fingerprint density at radius 2 is 1.94 bits per heavy atom. The standard InChI is InChI=1S/C27H31FN4O4/c1-36-12-4-2-3-5-18-6-8-19(9-7-18)25(33)30-16-23-14-22(17-32(23)27(35)20-10-11-20)31-26(34)24-13-21(28)15-29-24/h6-9,20-24,29H,10-17H2,1H3,(H,30,33)(H,31,34)/t21-,22+,23+,24-/m0/s1. The van der Waals surface area contributed by atoms with E-state index in [9.17, 15) is 18.8 Å². The summed E-state index contributed by atoms with van der Waals surface area (Å²) in [6.07, 6.45) is 1.43. The molecule has 8 nitrogen and oxygen atoms in total. The highest BCUT2D eigenvalue weighted by Gasteiger charge is 2.42. The van der Waals surface area contributed by atoms with Gasteiger partial charge in [0, 0.05) is 56.3 Å². The molecule has 1 aromatic rings. The third-order valence-corrected chi connectivity index (χ3v) is 6.58. The number of methoxy groups -OCH3 is 1. The Bertz CT molecular complexity index is 1100. The predicted octanol–water partition coefficient (Wildman–Crippen LogP) is 0.613. The van der Waals surface area contributed by atoms with Crippen LogP contribution in [0.3, 0.4) is 0 Å². The fourth-order valence-electron chi connectivity index (χ4n) is 4.52. The van der Waals surface area contributed by atoms with Crippen LogP contribution < -0.4 is 16.0 Å². The summed E-state index contributed by atoms with van der Waals surface area (Å²) in [6.45, 7) is 1.19. The molecule has 0 unspecified atom stereocenters. The monoisotopic (exact) mass is 494 g/mol. The minimum atomic E-state index is -1.02. The van der Waals surface area contributed by atoms with E-state index in [4.69, 9.17) is 4.74 Å². The summed E-state index contributed by atoms with van der Waals surface area (Å²) in [5.41, 5.74) is 1.23. The third-order valence-electron chi connectivity index (χ3n) is 6.58. The number of carbonyl (C=O) groups is 3. The molecule has 0 bridgehead atoms. The van der Waals surface area contributed by atoms with Crippen molar-refractivity contribution in [2.45, 2.75) is 50.0 Å². The maximum atomic E-state index is 13.5. The van der Waals surface area contributed by atoms with Gasteiger partial charge in [0.25, 0.3) is 5.91 Å². The largest absolute Gasteiger partial charge is 0.372 e. The van der Waals surface area contributed by atoms with Crippen LogP contribution in [0, 0.1) is 29.6 Å². The van der Waals surface area contributed by atoms with Crippen LogP contribution in [0.4, 0.5) is 4.39 Å². The van der Waals surface area contributed by atoms with Crippen LogP contribution >= 0.6 is 0 Å². The molecule has 9 heteroatoms. The Morgan fingerprint density at radius 1 is 1.17 bits per heavy atom. The van der Waals surface area contributed by atoms with Crippen LogP contribution in [-0.4, -0.2) is 80.3 Å². The maximum absolute atomic E-state index is 13.5. The molecular weight excluding hydrogens is 463 g/mol. The summed E-state index contributed by atoms with van der Waals surface area (Å²) in [6, 6.07) is 5.91. The van der Waals surface area contributed by atoms with Crippen molar-refractivity contribution in [1.29, 1.82) is 0 Å². The summed E-state index contributed by atoms with van der Waals surface area (Å²) >= 11 is 0. The second-order valence-corrected chi connectivity index (χ2v) is 9.43. The molecular formula is C27H31FN4O4. The number of nitrogens with zero attached hydrogens (tertiary/aromatic N) is 1. The normalized spacial score (nSPS) is 24.8. The van der Waals surface area contributed by atoms with Crippen LogP contribution in [0.2, 0.25) is 0 Å². The Balaban J connectivity index is 1.32. The van der Waals surface area contributed by atoms with Crippen LogP contribution in [0.1, 0.15) is 41.6 Å². The van der Waals surface area contributed by atoms with Gasteiger partial charge in [0.05, 0.1) is 12.1 Å².